The molecule has 0 aromatic carbocycles. The summed E-state index contributed by atoms with van der Waals surface area (Å²) in [5.41, 5.74) is 2.71. The number of hydrogen-bond acceptors (Lipinski definition) is 17. The molecule has 88 heavy (non-hydrogen) atoms. The molecule has 21 nitrogen and oxygen atoms in total. The Labute approximate surface area is 524 Å². The summed E-state index contributed by atoms with van der Waals surface area (Å²) in [6, 6.07) is 18.8. The minimum Gasteiger partial charge on any atom is -0.476 e. The molecule has 4 spiro atoms. The van der Waals surface area contributed by atoms with E-state index in [0.29, 0.717) is 106 Å². The first-order chi connectivity index (χ1) is 42.0. The van der Waals surface area contributed by atoms with E-state index >= 15 is 0 Å². The van der Waals surface area contributed by atoms with Gasteiger partial charge < -0.3 is 25.4 Å². The zero-order chi connectivity index (χ0) is 61.5. The van der Waals surface area contributed by atoms with Gasteiger partial charge in [0.2, 0.25) is 11.8 Å². The van der Waals surface area contributed by atoms with E-state index in [1.807, 2.05) is 0 Å². The van der Waals surface area contributed by atoms with E-state index in [1.165, 1.54) is 104 Å². The molecule has 6 aromatic rings. The van der Waals surface area contributed by atoms with Crippen LogP contribution < -0.4 is 34.9 Å². The Morgan fingerprint density at radius 1 is 0.580 bits per heavy atom. The largest absolute Gasteiger partial charge is 0.476 e. The van der Waals surface area contributed by atoms with Crippen LogP contribution in [0.15, 0.2) is 95.2 Å². The van der Waals surface area contributed by atoms with Crippen molar-refractivity contribution < 1.29 is 35.9 Å². The van der Waals surface area contributed by atoms with Crippen LogP contribution in [0.25, 0.3) is 11.6 Å². The van der Waals surface area contributed by atoms with E-state index in [-0.39, 0.29) is 37.0 Å². The number of pyridine rings is 4. The lowest BCUT2D eigenvalue weighted by atomic mass is 9.89. The second kappa shape index (κ2) is 22.8. The zero-order valence-electron chi connectivity index (χ0n) is 50.2. The Bertz CT molecular complexity index is 3610. The number of hydrogen-bond donors (Lipinski definition) is 5. The average Bonchev–Trinajstić information content (AvgIpc) is 1.46. The Kier molecular flexibility index (Phi) is 15.7. The second-order valence-electron chi connectivity index (χ2n) is 27.4. The molecule has 468 valence electrons. The van der Waals surface area contributed by atoms with Crippen LogP contribution in [0.1, 0.15) is 151 Å². The van der Waals surface area contributed by atoms with Gasteiger partial charge in [-0.15, -0.1) is 10.2 Å². The summed E-state index contributed by atoms with van der Waals surface area (Å²) in [6.45, 7) is 12.8. The van der Waals surface area contributed by atoms with Crippen molar-refractivity contribution in [2.75, 3.05) is 43.5 Å². The molecular weight excluding hydrogens is 1200 g/mol. The van der Waals surface area contributed by atoms with Crippen LogP contribution in [0.2, 0.25) is 10.3 Å². The number of aromatic nitrogens is 8. The molecule has 0 bridgehead atoms. The highest BCUT2D eigenvalue weighted by Gasteiger charge is 2.87. The van der Waals surface area contributed by atoms with Gasteiger partial charge in [-0.05, 0) is 211 Å². The fraction of sp³-hybridized carbons (Fsp3) is 0.556. The minimum absolute atomic E-state index is 0.0785. The molecule has 2 amide bonds. The van der Waals surface area contributed by atoms with Gasteiger partial charge >= 0.3 is 0 Å². The van der Waals surface area contributed by atoms with Crippen LogP contribution in [0.4, 0.5) is 11.6 Å². The van der Waals surface area contributed by atoms with Crippen molar-refractivity contribution >= 4 is 66.7 Å². The number of anilines is 2. The van der Waals surface area contributed by atoms with Crippen molar-refractivity contribution in [3.05, 3.63) is 107 Å². The van der Waals surface area contributed by atoms with Crippen LogP contribution >= 0.6 is 23.2 Å². The number of sulfonamides is 2. The second-order valence-corrected chi connectivity index (χ2v) is 31.4. The normalized spacial score (nSPS) is 22.2. The van der Waals surface area contributed by atoms with Crippen LogP contribution in [-0.4, -0.2) is 107 Å². The summed E-state index contributed by atoms with van der Waals surface area (Å²) in [5.74, 6) is 3.50. The lowest BCUT2D eigenvalue weighted by Crippen LogP contribution is -2.31. The standard InChI is InChI=1S/C32H39ClN6O4S.C31H38ClN7O4S/c1-30(2)12-10-21(19-30)5-4-17-34-24-6-3-7-27(35-24)44(41,42)38-29(40)22-8-9-25(36-28(22)33)39-18-11-26(37-39)43-20-23-31(13-14-31)32(23)15-16-32;1-29(2)17-20(18-34-29)5-4-15-33-23-6-3-7-26(35-23)44(41,42)38-28(40)21-8-9-24(36-27(21)32)39-16-10-25(37-39)43-19-22-30(11-12-30)31(22)13-14-31/h3,6-9,11,18,21,23H,4-5,10,12-17,19-20H2,1-2H3,(H,34,35)(H,38,40);3,6-10,16,20,22,34H,4-5,11-15,17-19H2,1-2H3,(H,33,35)(H,38,40). The first kappa shape index (κ1) is 60.5. The highest BCUT2D eigenvalue weighted by molar-refractivity contribution is 7.90. The maximum absolute atomic E-state index is 13.0. The van der Waals surface area contributed by atoms with Gasteiger partial charge in [0, 0.05) is 55.0 Å². The minimum atomic E-state index is -4.26. The van der Waals surface area contributed by atoms with E-state index in [1.54, 1.807) is 60.9 Å². The van der Waals surface area contributed by atoms with Crippen LogP contribution in [0.5, 0.6) is 11.8 Å². The molecule has 1 saturated heterocycles. The molecule has 25 heteroatoms. The van der Waals surface area contributed by atoms with E-state index in [0.717, 1.165) is 44.6 Å². The van der Waals surface area contributed by atoms with Gasteiger partial charge in [-0.25, -0.2) is 38.7 Å². The quantitative estimate of drug-likeness (QED) is 0.0278. The Morgan fingerprint density at radius 3 is 1.41 bits per heavy atom. The summed E-state index contributed by atoms with van der Waals surface area (Å²) in [4.78, 5) is 42.9. The summed E-state index contributed by atoms with van der Waals surface area (Å²) < 4.78 is 71.2. The SMILES string of the molecule is CC1(C)CC(CCCNc2cccc(S(=O)(=O)NC(=O)c3ccc(-n4ccc(OCC5C6(CC6)C56CC6)n4)nc3Cl)n2)CN1.CC1(C)CCC(CCCNc2cccc(S(=O)(=O)NC(=O)c3ccc(-n4ccc(OCC5C6(CC6)C56CC6)n4)nc3Cl)n2)C1. The summed E-state index contributed by atoms with van der Waals surface area (Å²) in [7, 11) is -8.51. The smallest absolute Gasteiger partial charge is 0.281 e. The number of nitrogens with one attached hydrogen (secondary N) is 5. The van der Waals surface area contributed by atoms with Crippen LogP contribution in [-0.2, 0) is 20.0 Å². The first-order valence-electron chi connectivity index (χ1n) is 31.0. The molecule has 2 unspecified atom stereocenters. The maximum atomic E-state index is 13.0. The predicted octanol–water partition coefficient (Wildman–Crippen LogP) is 10.6. The number of fused-ring (bicyclic) bond motifs is 2. The topological polar surface area (TPSA) is 268 Å². The Morgan fingerprint density at radius 2 is 1.02 bits per heavy atom. The average molecular weight is 1280 g/mol. The van der Waals surface area contributed by atoms with Crippen molar-refractivity contribution in [2.45, 2.75) is 146 Å². The molecule has 7 saturated carbocycles. The van der Waals surface area contributed by atoms with Gasteiger partial charge in [-0.3, -0.25) is 9.59 Å². The van der Waals surface area contributed by atoms with Crippen molar-refractivity contribution in [3.8, 4) is 23.4 Å². The number of amides is 2. The number of carbonyl (C=O) groups excluding carboxylic acids is 2. The van der Waals surface area contributed by atoms with Crippen LogP contribution in [0, 0.1) is 50.7 Å². The Balaban J connectivity index is 0.000000162. The monoisotopic (exact) mass is 1280 g/mol. The number of carbonyl (C=O) groups is 2. The predicted molar refractivity (Wildman–Crippen MR) is 332 cm³/mol. The Hall–Kier alpha value is -6.40. The maximum Gasteiger partial charge on any atom is 0.281 e. The van der Waals surface area contributed by atoms with Gasteiger partial charge in [0.25, 0.3) is 31.9 Å². The molecule has 8 aliphatic rings. The third kappa shape index (κ3) is 12.3. The molecule has 14 rings (SSSR count). The van der Waals surface area contributed by atoms with Crippen molar-refractivity contribution in [1.29, 1.82) is 0 Å². The third-order valence-electron chi connectivity index (χ3n) is 20.6. The highest BCUT2D eigenvalue weighted by Crippen LogP contribution is 2.93. The van der Waals surface area contributed by atoms with Gasteiger partial charge in [0.05, 0.1) is 24.3 Å². The van der Waals surface area contributed by atoms with Crippen molar-refractivity contribution in [2.24, 2.45) is 50.7 Å². The van der Waals surface area contributed by atoms with Gasteiger partial charge in [0.15, 0.2) is 21.7 Å². The molecule has 7 heterocycles. The number of rotatable bonds is 24. The number of nitrogens with zero attached hydrogens (tertiary/aromatic N) is 8. The van der Waals surface area contributed by atoms with E-state index in [9.17, 15) is 26.4 Å². The van der Waals surface area contributed by atoms with E-state index in [4.69, 9.17) is 32.7 Å². The molecule has 6 aromatic heterocycles. The lowest BCUT2D eigenvalue weighted by molar-refractivity contribution is 0.0972. The highest BCUT2D eigenvalue weighted by atomic mass is 35.5. The fourth-order valence-corrected chi connectivity index (χ4v) is 17.7. The van der Waals surface area contributed by atoms with E-state index in [2.05, 4.69) is 83.2 Å². The molecule has 1 aliphatic heterocycles. The number of ether oxygens (including phenoxy) is 2. The summed E-state index contributed by atoms with van der Waals surface area (Å²) in [6.07, 6.45) is 23.1. The molecule has 8 fully saturated rings. The van der Waals surface area contributed by atoms with Crippen LogP contribution in [0.3, 0.4) is 0 Å². The van der Waals surface area contributed by atoms with Gasteiger partial charge in [-0.2, -0.15) is 16.8 Å². The molecule has 7 aliphatic carbocycles. The molecular formula is C63H77Cl2N13O8S2. The fourth-order valence-electron chi connectivity index (χ4n) is 15.4. The van der Waals surface area contributed by atoms with E-state index < -0.39 is 31.9 Å². The number of halogens is 2. The summed E-state index contributed by atoms with van der Waals surface area (Å²) in [5, 5.41) is 18.0. The summed E-state index contributed by atoms with van der Waals surface area (Å²) >= 11 is 12.7. The lowest BCUT2D eigenvalue weighted by Gasteiger charge is -2.17. The van der Waals surface area contributed by atoms with Crippen molar-refractivity contribution in [3.63, 3.8) is 0 Å². The molecule has 2 atom stereocenters. The zero-order valence-corrected chi connectivity index (χ0v) is 53.3. The van der Waals surface area contributed by atoms with Crippen molar-refractivity contribution in [1.82, 2.24) is 54.3 Å². The van der Waals surface area contributed by atoms with Gasteiger partial charge in [-0.1, -0.05) is 49.2 Å². The third-order valence-corrected chi connectivity index (χ3v) is 23.6. The molecule has 5 N–H and O–H groups in total. The molecule has 0 radical (unpaired) electrons. The van der Waals surface area contributed by atoms with Gasteiger partial charge in [0.1, 0.15) is 21.9 Å². The first-order valence-corrected chi connectivity index (χ1v) is 34.8.